The van der Waals surface area contributed by atoms with E-state index < -0.39 is 11.9 Å². The van der Waals surface area contributed by atoms with Crippen LogP contribution in [0.25, 0.3) is 0 Å². The summed E-state index contributed by atoms with van der Waals surface area (Å²) in [5.41, 5.74) is 2.66. The van der Waals surface area contributed by atoms with Crippen LogP contribution in [0, 0.1) is 0 Å². The minimum absolute atomic E-state index is 0.0414. The number of rotatable bonds is 13. The number of nitrogens with zero attached hydrogens (tertiary/aromatic N) is 2. The largest absolute Gasteiger partial charge is 0.478 e. The lowest BCUT2D eigenvalue weighted by Crippen LogP contribution is -2.48. The number of hydrogen-bond acceptors (Lipinski definition) is 7. The summed E-state index contributed by atoms with van der Waals surface area (Å²) in [7, 11) is 0. The lowest BCUT2D eigenvalue weighted by molar-refractivity contribution is -0.144. The Bertz CT molecular complexity index is 1270. The van der Waals surface area contributed by atoms with E-state index in [1.165, 1.54) is 40.2 Å². The number of ether oxygens (including phenoxy) is 1. The third-order valence-corrected chi connectivity index (χ3v) is 9.51. The van der Waals surface area contributed by atoms with Crippen LogP contribution in [0.1, 0.15) is 69.0 Å². The van der Waals surface area contributed by atoms with E-state index in [1.807, 2.05) is 6.07 Å². The first-order valence-corrected chi connectivity index (χ1v) is 16.8. The smallest absolute Gasteiger partial charge is 0.328 e. The van der Waals surface area contributed by atoms with Gasteiger partial charge in [0.05, 0.1) is 16.7 Å². The summed E-state index contributed by atoms with van der Waals surface area (Å²) in [5.74, 6) is -2.56. The van der Waals surface area contributed by atoms with E-state index in [9.17, 15) is 14.4 Å². The maximum absolute atomic E-state index is 11.9. The maximum Gasteiger partial charge on any atom is 0.328 e. The Balaban J connectivity index is 0.000000583. The van der Waals surface area contributed by atoms with Gasteiger partial charge < -0.3 is 19.8 Å². The molecule has 0 bridgehead atoms. The van der Waals surface area contributed by atoms with Crippen molar-refractivity contribution in [3.63, 3.8) is 0 Å². The molecule has 0 spiro atoms. The van der Waals surface area contributed by atoms with Crippen LogP contribution >= 0.6 is 35.0 Å². The fourth-order valence-electron chi connectivity index (χ4n) is 5.29. The van der Waals surface area contributed by atoms with Crippen molar-refractivity contribution in [2.24, 2.45) is 0 Å². The number of halogens is 2. The molecule has 0 amide bonds. The van der Waals surface area contributed by atoms with Gasteiger partial charge in [-0.1, -0.05) is 85.8 Å². The molecule has 2 N–H and O–H groups in total. The average molecular weight is 666 g/mol. The van der Waals surface area contributed by atoms with Gasteiger partial charge in [-0.3, -0.25) is 9.69 Å². The molecule has 2 aromatic rings. The van der Waals surface area contributed by atoms with Gasteiger partial charge in [0, 0.05) is 67.1 Å². The molecule has 2 aromatic carbocycles. The Morgan fingerprint density at radius 1 is 0.909 bits per heavy atom. The van der Waals surface area contributed by atoms with Gasteiger partial charge in [0.1, 0.15) is 0 Å². The van der Waals surface area contributed by atoms with Gasteiger partial charge in [0.15, 0.2) is 0 Å². The number of piperazine rings is 1. The molecule has 0 saturated carbocycles. The Morgan fingerprint density at radius 2 is 1.57 bits per heavy atom. The standard InChI is InChI=1S/C29H38Cl2N2O2S.C4H4O4/c1-2-3-4-5-6-12-29(34)35-18-9-13-32-14-16-33(17-15-32)26-19-22-10-7-8-11-27(22)36-28-21-25(31)24(30)20-23(26)28;5-3(6)1-2-4(7)8/h7-8,10-11,20-21,26H,2-6,9,12-19H2,1H3;1-2H,(H,5,6)(H,7,8)/b;2-1-. The SMILES string of the molecule is CCCCCCCC(=O)OCCCN1CCN(C2Cc3ccccc3Sc3cc(Cl)c(Cl)cc32)CC1.O=C(O)/C=C\C(=O)O. The number of benzene rings is 2. The van der Waals surface area contributed by atoms with E-state index in [-0.39, 0.29) is 12.0 Å². The van der Waals surface area contributed by atoms with E-state index in [0.29, 0.717) is 35.2 Å². The fourth-order valence-corrected chi connectivity index (χ4v) is 6.84. The van der Waals surface area contributed by atoms with Gasteiger partial charge in [-0.05, 0) is 48.6 Å². The summed E-state index contributed by atoms with van der Waals surface area (Å²) in [6, 6.07) is 13.1. The minimum atomic E-state index is -1.26. The zero-order chi connectivity index (χ0) is 31.9. The van der Waals surface area contributed by atoms with Crippen molar-refractivity contribution in [3.05, 3.63) is 69.7 Å². The van der Waals surface area contributed by atoms with Crippen LogP contribution in [-0.4, -0.2) is 77.3 Å². The van der Waals surface area contributed by atoms with E-state index in [2.05, 4.69) is 47.1 Å². The molecule has 2 aliphatic rings. The van der Waals surface area contributed by atoms with Crippen LogP contribution in [0.5, 0.6) is 0 Å². The molecule has 0 aromatic heterocycles. The maximum atomic E-state index is 11.9. The van der Waals surface area contributed by atoms with E-state index in [0.717, 1.165) is 58.4 Å². The van der Waals surface area contributed by atoms with Crippen LogP contribution in [0.2, 0.25) is 10.0 Å². The van der Waals surface area contributed by atoms with Crippen LogP contribution < -0.4 is 0 Å². The highest BCUT2D eigenvalue weighted by Gasteiger charge is 2.30. The third kappa shape index (κ3) is 12.1. The highest BCUT2D eigenvalue weighted by molar-refractivity contribution is 7.99. The summed E-state index contributed by atoms with van der Waals surface area (Å²) in [4.78, 5) is 38.6. The molecule has 0 radical (unpaired) electrons. The van der Waals surface area contributed by atoms with Gasteiger partial charge in [-0.25, -0.2) is 9.59 Å². The van der Waals surface area contributed by atoms with Crippen LogP contribution in [0.4, 0.5) is 0 Å². The average Bonchev–Trinajstić information content (AvgIpc) is 3.15. The topological polar surface area (TPSA) is 107 Å². The summed E-state index contributed by atoms with van der Waals surface area (Å²) < 4.78 is 5.46. The quantitative estimate of drug-likeness (QED) is 0.129. The molecule has 8 nitrogen and oxygen atoms in total. The predicted molar refractivity (Wildman–Crippen MR) is 175 cm³/mol. The Kier molecular flexibility index (Phi) is 15.6. The van der Waals surface area contributed by atoms with Crippen molar-refractivity contribution in [2.75, 3.05) is 39.3 Å². The lowest BCUT2D eigenvalue weighted by atomic mass is 9.96. The highest BCUT2D eigenvalue weighted by Crippen LogP contribution is 2.45. The predicted octanol–water partition coefficient (Wildman–Crippen LogP) is 7.37. The van der Waals surface area contributed by atoms with Gasteiger partial charge in [0.2, 0.25) is 0 Å². The molecule has 1 saturated heterocycles. The highest BCUT2D eigenvalue weighted by atomic mass is 35.5. The zero-order valence-electron chi connectivity index (χ0n) is 25.2. The molecule has 1 fully saturated rings. The first-order valence-electron chi connectivity index (χ1n) is 15.2. The summed E-state index contributed by atoms with van der Waals surface area (Å²) in [5, 5.41) is 16.9. The molecular weight excluding hydrogens is 623 g/mol. The fraction of sp³-hybridized carbons (Fsp3) is 0.485. The molecule has 0 aliphatic carbocycles. The number of carboxylic acids is 2. The number of carboxylic acid groups (broad SMARTS) is 2. The van der Waals surface area contributed by atoms with Gasteiger partial charge in [0.25, 0.3) is 0 Å². The number of fused-ring (bicyclic) bond motifs is 2. The van der Waals surface area contributed by atoms with Crippen molar-refractivity contribution in [1.82, 2.24) is 9.80 Å². The Morgan fingerprint density at radius 3 is 2.25 bits per heavy atom. The summed E-state index contributed by atoms with van der Waals surface area (Å²) >= 11 is 14.7. The monoisotopic (exact) mass is 664 g/mol. The molecule has 2 heterocycles. The van der Waals surface area contributed by atoms with E-state index in [4.69, 9.17) is 38.2 Å². The number of esters is 1. The first kappa shape index (κ1) is 35.9. The van der Waals surface area contributed by atoms with Crippen LogP contribution in [-0.2, 0) is 25.5 Å². The third-order valence-electron chi connectivity index (χ3n) is 7.60. The van der Waals surface area contributed by atoms with Gasteiger partial charge in [-0.15, -0.1) is 0 Å². The minimum Gasteiger partial charge on any atom is -0.478 e. The molecule has 240 valence electrons. The second-order valence-electron chi connectivity index (χ2n) is 10.9. The number of carbonyl (C=O) groups excluding carboxylic acids is 1. The Hall–Kier alpha value is -2.56. The number of carbonyl (C=O) groups is 3. The molecule has 44 heavy (non-hydrogen) atoms. The molecule has 2 aliphatic heterocycles. The van der Waals surface area contributed by atoms with E-state index >= 15 is 0 Å². The number of aliphatic carboxylic acids is 2. The van der Waals surface area contributed by atoms with Crippen molar-refractivity contribution in [3.8, 4) is 0 Å². The zero-order valence-corrected chi connectivity index (χ0v) is 27.5. The van der Waals surface area contributed by atoms with Crippen molar-refractivity contribution < 1.29 is 29.3 Å². The molecule has 4 rings (SSSR count). The number of unbranched alkanes of at least 4 members (excludes halogenated alkanes) is 4. The number of hydrogen-bond donors (Lipinski definition) is 2. The van der Waals surface area contributed by atoms with Crippen LogP contribution in [0.3, 0.4) is 0 Å². The second-order valence-corrected chi connectivity index (χ2v) is 12.8. The van der Waals surface area contributed by atoms with Gasteiger partial charge >= 0.3 is 17.9 Å². The molecule has 1 unspecified atom stereocenters. The lowest BCUT2D eigenvalue weighted by Gasteiger charge is -2.39. The Labute approximate surface area is 274 Å². The molecule has 1 atom stereocenters. The normalized spacial score (nSPS) is 16.8. The molecule has 11 heteroatoms. The second kappa shape index (κ2) is 19.1. The van der Waals surface area contributed by atoms with Crippen LogP contribution in [0.15, 0.2) is 58.3 Å². The van der Waals surface area contributed by atoms with E-state index in [1.54, 1.807) is 11.8 Å². The van der Waals surface area contributed by atoms with Crippen molar-refractivity contribution >= 4 is 52.9 Å². The molecular formula is C33H42Cl2N2O6S. The van der Waals surface area contributed by atoms with Crippen molar-refractivity contribution in [1.29, 1.82) is 0 Å². The van der Waals surface area contributed by atoms with Gasteiger partial charge in [-0.2, -0.15) is 0 Å². The first-order chi connectivity index (χ1) is 21.2. The van der Waals surface area contributed by atoms with Crippen molar-refractivity contribution in [2.45, 2.75) is 74.1 Å². The summed E-state index contributed by atoms with van der Waals surface area (Å²) in [6.07, 6.45) is 9.32. The summed E-state index contributed by atoms with van der Waals surface area (Å²) in [6.45, 7) is 7.76.